The molecular formula is C20H21N5O2. The molecule has 0 radical (unpaired) electrons. The fourth-order valence-corrected chi connectivity index (χ4v) is 4.25. The minimum atomic E-state index is 0.0446. The number of rotatable bonds is 2. The Morgan fingerprint density at radius 3 is 2.74 bits per heavy atom. The molecule has 7 heteroatoms. The molecule has 3 N–H and O–H groups in total. The molecule has 3 aliphatic heterocycles. The minimum Gasteiger partial charge on any atom is -0.508 e. The number of carbonyl (C=O) groups is 1. The lowest BCUT2D eigenvalue weighted by Gasteiger charge is -2.46. The van der Waals surface area contributed by atoms with Crippen molar-refractivity contribution in [2.24, 2.45) is 0 Å². The molecule has 3 fully saturated rings. The first kappa shape index (κ1) is 16.3. The predicted octanol–water partition coefficient (Wildman–Crippen LogP) is 2.22. The maximum Gasteiger partial charge on any atom is 0.255 e. The highest BCUT2D eigenvalue weighted by Crippen LogP contribution is 2.30. The zero-order valence-electron chi connectivity index (χ0n) is 15.1. The number of piperazine rings is 1. The van der Waals surface area contributed by atoms with Gasteiger partial charge in [0.1, 0.15) is 5.75 Å². The van der Waals surface area contributed by atoms with Gasteiger partial charge in [-0.3, -0.25) is 9.89 Å². The standard InChI is InChI=1S/C20H21N5O2/c1-11-18-16(20(27)25-10-13-4-5-14(25)9-21-13)8-17(22-19(18)24-23-11)12-2-6-15(26)7-3-12/h2-3,6-8,13-14,21,26H,4-5,9-10H2,1H3,(H,22,23,24). The van der Waals surface area contributed by atoms with Crippen LogP contribution in [0.2, 0.25) is 0 Å². The molecule has 1 amide bonds. The Morgan fingerprint density at radius 1 is 1.26 bits per heavy atom. The van der Waals surface area contributed by atoms with Crippen LogP contribution in [0, 0.1) is 6.92 Å². The Kier molecular flexibility index (Phi) is 3.65. The number of H-pyrrole nitrogens is 1. The molecule has 3 saturated heterocycles. The number of aromatic amines is 1. The molecule has 6 rings (SSSR count). The van der Waals surface area contributed by atoms with E-state index < -0.39 is 0 Å². The summed E-state index contributed by atoms with van der Waals surface area (Å²) >= 11 is 0. The van der Waals surface area contributed by atoms with Crippen molar-refractivity contribution in [3.05, 3.63) is 41.6 Å². The normalized spacial score (nSPS) is 21.7. The van der Waals surface area contributed by atoms with Crippen LogP contribution in [0.5, 0.6) is 5.75 Å². The number of carbonyl (C=O) groups excluding carboxylic acids is 1. The Hall–Kier alpha value is -2.93. The van der Waals surface area contributed by atoms with Gasteiger partial charge in [-0.05, 0) is 50.1 Å². The minimum absolute atomic E-state index is 0.0446. The molecule has 2 bridgehead atoms. The second-order valence-electron chi connectivity index (χ2n) is 7.43. The van der Waals surface area contributed by atoms with E-state index in [-0.39, 0.29) is 17.7 Å². The number of pyridine rings is 1. The highest BCUT2D eigenvalue weighted by Gasteiger charge is 2.37. The molecule has 2 unspecified atom stereocenters. The van der Waals surface area contributed by atoms with E-state index in [1.54, 1.807) is 24.3 Å². The molecule has 3 aromatic rings. The van der Waals surface area contributed by atoms with Gasteiger partial charge in [-0.15, -0.1) is 0 Å². The second kappa shape index (κ2) is 6.06. The van der Waals surface area contributed by atoms with E-state index in [1.165, 1.54) is 0 Å². The lowest BCUT2D eigenvalue weighted by molar-refractivity contribution is 0.0442. The number of aromatic nitrogens is 3. The van der Waals surface area contributed by atoms with Crippen molar-refractivity contribution >= 4 is 16.9 Å². The fourth-order valence-electron chi connectivity index (χ4n) is 4.25. The average Bonchev–Trinajstić information content (AvgIpc) is 3.09. The number of nitrogens with zero attached hydrogens (tertiary/aromatic N) is 3. The van der Waals surface area contributed by atoms with E-state index in [2.05, 4.69) is 20.5 Å². The molecule has 0 saturated carbocycles. The lowest BCUT2D eigenvalue weighted by atomic mass is 9.92. The third kappa shape index (κ3) is 2.66. The van der Waals surface area contributed by atoms with Crippen LogP contribution in [0.3, 0.4) is 0 Å². The fraction of sp³-hybridized carbons (Fsp3) is 0.350. The zero-order valence-corrected chi connectivity index (χ0v) is 15.1. The van der Waals surface area contributed by atoms with Crippen molar-refractivity contribution in [1.29, 1.82) is 0 Å². The van der Waals surface area contributed by atoms with Crippen LogP contribution < -0.4 is 5.32 Å². The Bertz CT molecular complexity index is 1020. The van der Waals surface area contributed by atoms with Crippen molar-refractivity contribution in [1.82, 2.24) is 25.4 Å². The third-order valence-corrected chi connectivity index (χ3v) is 5.71. The highest BCUT2D eigenvalue weighted by atomic mass is 16.3. The van der Waals surface area contributed by atoms with Crippen LogP contribution in [0.4, 0.5) is 0 Å². The van der Waals surface area contributed by atoms with Gasteiger partial charge in [-0.25, -0.2) is 4.98 Å². The molecule has 2 atom stereocenters. The third-order valence-electron chi connectivity index (χ3n) is 5.71. The molecule has 0 aliphatic carbocycles. The molecule has 7 nitrogen and oxygen atoms in total. The number of fused-ring (bicyclic) bond motifs is 4. The number of aromatic hydroxyl groups is 1. The van der Waals surface area contributed by atoms with E-state index in [9.17, 15) is 9.90 Å². The van der Waals surface area contributed by atoms with E-state index in [0.717, 1.165) is 42.6 Å². The predicted molar refractivity (Wildman–Crippen MR) is 102 cm³/mol. The van der Waals surface area contributed by atoms with Gasteiger partial charge in [-0.2, -0.15) is 5.10 Å². The van der Waals surface area contributed by atoms with Gasteiger partial charge in [0, 0.05) is 30.7 Å². The molecular weight excluding hydrogens is 342 g/mol. The van der Waals surface area contributed by atoms with Crippen LogP contribution in [0.25, 0.3) is 22.3 Å². The van der Waals surface area contributed by atoms with Crippen molar-refractivity contribution in [2.45, 2.75) is 31.8 Å². The zero-order chi connectivity index (χ0) is 18.5. The summed E-state index contributed by atoms with van der Waals surface area (Å²) in [5.41, 5.74) is 3.56. The topological polar surface area (TPSA) is 94.1 Å². The maximum atomic E-state index is 13.5. The van der Waals surface area contributed by atoms with Crippen molar-refractivity contribution in [2.75, 3.05) is 13.1 Å². The van der Waals surface area contributed by atoms with Gasteiger partial charge in [0.05, 0.1) is 22.3 Å². The Labute approximate surface area is 156 Å². The van der Waals surface area contributed by atoms with Crippen molar-refractivity contribution in [3.8, 4) is 17.0 Å². The number of amides is 1. The summed E-state index contributed by atoms with van der Waals surface area (Å²) < 4.78 is 0. The Morgan fingerprint density at radius 2 is 2.07 bits per heavy atom. The Balaban J connectivity index is 1.62. The van der Waals surface area contributed by atoms with Gasteiger partial charge < -0.3 is 15.3 Å². The summed E-state index contributed by atoms with van der Waals surface area (Å²) in [5, 5.41) is 21.0. The molecule has 27 heavy (non-hydrogen) atoms. The van der Waals surface area contributed by atoms with Crippen LogP contribution >= 0.6 is 0 Å². The van der Waals surface area contributed by atoms with Gasteiger partial charge >= 0.3 is 0 Å². The van der Waals surface area contributed by atoms with Gasteiger partial charge in [0.25, 0.3) is 5.91 Å². The molecule has 5 heterocycles. The monoisotopic (exact) mass is 363 g/mol. The maximum absolute atomic E-state index is 13.5. The molecule has 138 valence electrons. The van der Waals surface area contributed by atoms with Crippen molar-refractivity contribution < 1.29 is 9.90 Å². The average molecular weight is 363 g/mol. The number of piperidine rings is 2. The van der Waals surface area contributed by atoms with Crippen molar-refractivity contribution in [3.63, 3.8) is 0 Å². The van der Waals surface area contributed by atoms with Crippen LogP contribution in [-0.4, -0.2) is 56.3 Å². The summed E-state index contributed by atoms with van der Waals surface area (Å²) in [6.45, 7) is 3.50. The summed E-state index contributed by atoms with van der Waals surface area (Å²) in [4.78, 5) is 20.1. The van der Waals surface area contributed by atoms with Gasteiger partial charge in [0.2, 0.25) is 0 Å². The first-order valence-electron chi connectivity index (χ1n) is 9.29. The molecule has 3 aliphatic rings. The van der Waals surface area contributed by atoms with Crippen LogP contribution in [-0.2, 0) is 0 Å². The smallest absolute Gasteiger partial charge is 0.255 e. The number of aryl methyl sites for hydroxylation is 1. The van der Waals surface area contributed by atoms with Crippen LogP contribution in [0.15, 0.2) is 30.3 Å². The van der Waals surface area contributed by atoms with E-state index in [1.807, 2.05) is 17.9 Å². The first-order chi connectivity index (χ1) is 13.1. The summed E-state index contributed by atoms with van der Waals surface area (Å²) in [6, 6.07) is 9.33. The number of hydrogen-bond donors (Lipinski definition) is 3. The molecule has 1 aromatic carbocycles. The first-order valence-corrected chi connectivity index (χ1v) is 9.29. The molecule has 2 aromatic heterocycles. The summed E-state index contributed by atoms with van der Waals surface area (Å²) in [6.07, 6.45) is 2.18. The number of nitrogens with one attached hydrogen (secondary N) is 2. The molecule has 0 spiro atoms. The number of phenols is 1. The van der Waals surface area contributed by atoms with Gasteiger partial charge in [-0.1, -0.05) is 0 Å². The summed E-state index contributed by atoms with van der Waals surface area (Å²) in [7, 11) is 0. The lowest BCUT2D eigenvalue weighted by Crippen LogP contribution is -2.62. The van der Waals surface area contributed by atoms with E-state index >= 15 is 0 Å². The highest BCUT2D eigenvalue weighted by molar-refractivity contribution is 6.07. The largest absolute Gasteiger partial charge is 0.508 e. The van der Waals surface area contributed by atoms with Gasteiger partial charge in [0.15, 0.2) is 5.65 Å². The number of benzene rings is 1. The van der Waals surface area contributed by atoms with Crippen LogP contribution in [0.1, 0.15) is 28.9 Å². The summed E-state index contributed by atoms with van der Waals surface area (Å²) in [5.74, 6) is 0.244. The number of phenolic OH excluding ortho intramolecular Hbond substituents is 1. The quantitative estimate of drug-likeness (QED) is 0.649. The second-order valence-corrected chi connectivity index (χ2v) is 7.43. The van der Waals surface area contributed by atoms with E-state index in [0.29, 0.717) is 22.9 Å². The SMILES string of the molecule is Cc1n[nH]c2nc(-c3ccc(O)cc3)cc(C(=O)N3CC4CCC3CN4)c12. The number of hydrogen-bond acceptors (Lipinski definition) is 5. The van der Waals surface area contributed by atoms with E-state index in [4.69, 9.17) is 0 Å².